The molecule has 17 heavy (non-hydrogen) atoms. The van der Waals surface area contributed by atoms with Gasteiger partial charge in [0.05, 0.1) is 12.3 Å². The second kappa shape index (κ2) is 5.83. The van der Waals surface area contributed by atoms with Crippen LogP contribution in [0.5, 0.6) is 0 Å². The Labute approximate surface area is 100 Å². The van der Waals surface area contributed by atoms with Crippen molar-refractivity contribution in [2.75, 3.05) is 5.75 Å². The summed E-state index contributed by atoms with van der Waals surface area (Å²) < 4.78 is 27.3. The zero-order chi connectivity index (χ0) is 12.9. The molecule has 0 fully saturated rings. The normalized spacial score (nSPS) is 11.6. The highest BCUT2D eigenvalue weighted by atomic mass is 32.2. The summed E-state index contributed by atoms with van der Waals surface area (Å²) in [6.45, 7) is 0.221. The second-order valence-corrected chi connectivity index (χ2v) is 5.67. The monoisotopic (exact) mass is 260 g/mol. The van der Waals surface area contributed by atoms with Crippen molar-refractivity contribution in [3.05, 3.63) is 24.0 Å². The summed E-state index contributed by atoms with van der Waals surface area (Å²) in [5.74, 6) is -1.15. The fraction of sp³-hybridized carbons (Fsp3) is 0.500. The zero-order valence-electron chi connectivity index (χ0n) is 9.59. The molecule has 0 aliphatic carbocycles. The van der Waals surface area contributed by atoms with Crippen molar-refractivity contribution in [2.45, 2.75) is 19.4 Å². The molecule has 0 radical (unpaired) electrons. The average Bonchev–Trinajstić information content (AvgIpc) is 2.60. The number of carbonyl (C=O) groups is 1. The highest BCUT2D eigenvalue weighted by Gasteiger charge is 2.11. The van der Waals surface area contributed by atoms with E-state index in [0.29, 0.717) is 0 Å². The number of rotatable bonds is 7. The van der Waals surface area contributed by atoms with Crippen molar-refractivity contribution < 1.29 is 18.3 Å². The molecule has 96 valence electrons. The van der Waals surface area contributed by atoms with E-state index in [0.717, 1.165) is 5.69 Å². The van der Waals surface area contributed by atoms with Crippen LogP contribution in [0.3, 0.4) is 0 Å². The van der Waals surface area contributed by atoms with Crippen LogP contribution in [0.25, 0.3) is 0 Å². The highest BCUT2D eigenvalue weighted by molar-refractivity contribution is 7.89. The molecule has 7 heteroatoms. The molecule has 2 N–H and O–H groups in total. The van der Waals surface area contributed by atoms with Gasteiger partial charge in [0.1, 0.15) is 0 Å². The van der Waals surface area contributed by atoms with Gasteiger partial charge in [-0.3, -0.25) is 4.79 Å². The molecular formula is C10H16N2O4S. The van der Waals surface area contributed by atoms with E-state index >= 15 is 0 Å². The van der Waals surface area contributed by atoms with Gasteiger partial charge in [-0.05, 0) is 18.6 Å². The van der Waals surface area contributed by atoms with E-state index in [2.05, 4.69) is 4.72 Å². The minimum atomic E-state index is -3.40. The van der Waals surface area contributed by atoms with Crippen LogP contribution in [0.2, 0.25) is 0 Å². The van der Waals surface area contributed by atoms with E-state index < -0.39 is 16.0 Å². The maximum absolute atomic E-state index is 11.5. The van der Waals surface area contributed by atoms with E-state index in [1.807, 2.05) is 29.9 Å². The number of nitrogens with zero attached hydrogens (tertiary/aromatic N) is 1. The Hall–Kier alpha value is -1.34. The SMILES string of the molecule is Cn1cccc1CNS(=O)(=O)CCCC(=O)O. The molecule has 1 aromatic rings. The predicted molar refractivity (Wildman–Crippen MR) is 62.9 cm³/mol. The van der Waals surface area contributed by atoms with Crippen molar-refractivity contribution in [2.24, 2.45) is 7.05 Å². The van der Waals surface area contributed by atoms with Gasteiger partial charge in [-0.2, -0.15) is 0 Å². The molecule has 1 rings (SSSR count). The summed E-state index contributed by atoms with van der Waals surface area (Å²) in [4.78, 5) is 10.3. The lowest BCUT2D eigenvalue weighted by atomic mass is 10.3. The molecule has 0 amide bonds. The van der Waals surface area contributed by atoms with Crippen LogP contribution in [0.4, 0.5) is 0 Å². The Morgan fingerprint density at radius 2 is 2.24 bits per heavy atom. The molecule has 1 heterocycles. The number of aryl methyl sites for hydroxylation is 1. The summed E-state index contributed by atoms with van der Waals surface area (Å²) in [6.07, 6.45) is 1.82. The van der Waals surface area contributed by atoms with Gasteiger partial charge in [0, 0.05) is 25.4 Å². The van der Waals surface area contributed by atoms with Gasteiger partial charge in [-0.25, -0.2) is 13.1 Å². The van der Waals surface area contributed by atoms with Crippen LogP contribution in [0.15, 0.2) is 18.3 Å². The van der Waals surface area contributed by atoms with Crippen molar-refractivity contribution >= 4 is 16.0 Å². The van der Waals surface area contributed by atoms with Crippen LogP contribution in [-0.4, -0.2) is 29.8 Å². The molecule has 6 nitrogen and oxygen atoms in total. The lowest BCUT2D eigenvalue weighted by Gasteiger charge is -2.06. The van der Waals surface area contributed by atoms with E-state index in [-0.39, 0.29) is 25.1 Å². The van der Waals surface area contributed by atoms with Gasteiger partial charge in [-0.1, -0.05) is 0 Å². The average molecular weight is 260 g/mol. The first-order valence-electron chi connectivity index (χ1n) is 5.20. The minimum absolute atomic E-state index is 0.123. The fourth-order valence-electron chi connectivity index (χ4n) is 1.35. The quantitative estimate of drug-likeness (QED) is 0.738. The molecule has 1 aromatic heterocycles. The highest BCUT2D eigenvalue weighted by Crippen LogP contribution is 2.01. The fourth-order valence-corrected chi connectivity index (χ4v) is 2.39. The lowest BCUT2D eigenvalue weighted by molar-refractivity contribution is -0.137. The largest absolute Gasteiger partial charge is 0.481 e. The van der Waals surface area contributed by atoms with Crippen LogP contribution in [-0.2, 0) is 28.4 Å². The first kappa shape index (κ1) is 13.7. The van der Waals surface area contributed by atoms with Crippen molar-refractivity contribution in [1.29, 1.82) is 0 Å². The number of hydrogen-bond donors (Lipinski definition) is 2. The Morgan fingerprint density at radius 3 is 2.76 bits per heavy atom. The lowest BCUT2D eigenvalue weighted by Crippen LogP contribution is -2.27. The number of hydrogen-bond acceptors (Lipinski definition) is 3. The van der Waals surface area contributed by atoms with E-state index in [9.17, 15) is 13.2 Å². The van der Waals surface area contributed by atoms with Gasteiger partial charge in [-0.15, -0.1) is 0 Å². The minimum Gasteiger partial charge on any atom is -0.481 e. The third-order valence-electron chi connectivity index (χ3n) is 2.33. The number of nitrogens with one attached hydrogen (secondary N) is 1. The first-order chi connectivity index (χ1) is 7.91. The van der Waals surface area contributed by atoms with Gasteiger partial charge in [0.15, 0.2) is 0 Å². The second-order valence-electron chi connectivity index (χ2n) is 3.75. The summed E-state index contributed by atoms with van der Waals surface area (Å²) in [5, 5.41) is 8.41. The molecular weight excluding hydrogens is 244 g/mol. The number of carboxylic acid groups (broad SMARTS) is 1. The van der Waals surface area contributed by atoms with Crippen molar-refractivity contribution in [3.8, 4) is 0 Å². The third kappa shape index (κ3) is 5.01. The summed E-state index contributed by atoms with van der Waals surface area (Å²) in [7, 11) is -1.57. The first-order valence-corrected chi connectivity index (χ1v) is 6.85. The topological polar surface area (TPSA) is 88.4 Å². The van der Waals surface area contributed by atoms with Gasteiger partial charge in [0.2, 0.25) is 10.0 Å². The van der Waals surface area contributed by atoms with Gasteiger partial charge < -0.3 is 9.67 Å². The van der Waals surface area contributed by atoms with Gasteiger partial charge in [0.25, 0.3) is 0 Å². The number of aliphatic carboxylic acids is 1. The summed E-state index contributed by atoms with van der Waals surface area (Å²) >= 11 is 0. The van der Waals surface area contributed by atoms with Crippen LogP contribution in [0, 0.1) is 0 Å². The Bertz CT molecular complexity index is 478. The molecule has 0 saturated heterocycles. The predicted octanol–water partition coefficient (Wildman–Crippen LogP) is 0.309. The Balaban J connectivity index is 2.40. The maximum atomic E-state index is 11.5. The van der Waals surface area contributed by atoms with E-state index in [1.54, 1.807) is 0 Å². The standard InChI is InChI=1S/C10H16N2O4S/c1-12-6-2-4-9(12)8-11-17(15,16)7-3-5-10(13)14/h2,4,6,11H,3,5,7-8H2,1H3,(H,13,14). The molecule has 0 spiro atoms. The zero-order valence-corrected chi connectivity index (χ0v) is 10.4. The Kier molecular flexibility index (Phi) is 4.71. The molecule has 0 aliphatic rings. The molecule has 0 bridgehead atoms. The molecule has 0 unspecified atom stereocenters. The molecule has 0 saturated carbocycles. The van der Waals surface area contributed by atoms with Crippen LogP contribution < -0.4 is 4.72 Å². The number of carboxylic acids is 1. The number of aromatic nitrogens is 1. The molecule has 0 atom stereocenters. The third-order valence-corrected chi connectivity index (χ3v) is 3.74. The molecule has 0 aromatic carbocycles. The number of sulfonamides is 1. The maximum Gasteiger partial charge on any atom is 0.303 e. The van der Waals surface area contributed by atoms with Crippen molar-refractivity contribution in [3.63, 3.8) is 0 Å². The Morgan fingerprint density at radius 1 is 1.53 bits per heavy atom. The van der Waals surface area contributed by atoms with E-state index in [4.69, 9.17) is 5.11 Å². The van der Waals surface area contributed by atoms with Crippen molar-refractivity contribution in [1.82, 2.24) is 9.29 Å². The van der Waals surface area contributed by atoms with Crippen LogP contribution >= 0.6 is 0 Å². The van der Waals surface area contributed by atoms with Crippen LogP contribution in [0.1, 0.15) is 18.5 Å². The summed E-state index contributed by atoms with van der Waals surface area (Å²) in [5.41, 5.74) is 0.854. The van der Waals surface area contributed by atoms with E-state index in [1.165, 1.54) is 0 Å². The molecule has 0 aliphatic heterocycles. The smallest absolute Gasteiger partial charge is 0.303 e. The van der Waals surface area contributed by atoms with Gasteiger partial charge >= 0.3 is 5.97 Å². The summed E-state index contributed by atoms with van der Waals surface area (Å²) in [6, 6.07) is 3.65.